The Morgan fingerprint density at radius 3 is 1.22 bits per heavy atom. The minimum Gasteiger partial charge on any atom is -0.455 e. The van der Waals surface area contributed by atoms with Gasteiger partial charge in [0.05, 0.1) is 0 Å². The lowest BCUT2D eigenvalue weighted by atomic mass is 9.70. The Morgan fingerprint density at radius 1 is 0.280 bits per heavy atom. The van der Waals surface area contributed by atoms with Crippen LogP contribution in [0.3, 0.4) is 0 Å². The van der Waals surface area contributed by atoms with Crippen LogP contribution in [-0.2, 0) is 32.5 Å². The molecule has 118 heavy (non-hydrogen) atoms. The van der Waals surface area contributed by atoms with Gasteiger partial charge in [-0.1, -0.05) is 364 Å². The first-order valence-electron chi connectivity index (χ1n) is 46.1. The quantitative estimate of drug-likeness (QED) is 0.0438. The zero-order chi connectivity index (χ0) is 81.2. The molecule has 0 N–H and O–H groups in total. The van der Waals surface area contributed by atoms with Crippen molar-refractivity contribution < 1.29 is 8.83 Å². The van der Waals surface area contributed by atoms with E-state index in [4.69, 9.17) is 8.83 Å². The van der Waals surface area contributed by atoms with E-state index in [0.29, 0.717) is 0 Å². The first kappa shape index (κ1) is 77.9. The van der Waals surface area contributed by atoms with Crippen LogP contribution in [0.5, 0.6) is 0 Å². The van der Waals surface area contributed by atoms with Crippen molar-refractivity contribution in [1.29, 1.82) is 0 Å². The zero-order valence-corrected chi connectivity index (χ0v) is 73.0. The molecule has 5 aliphatic rings. The SMILES string of the molecule is CCCCCCCC1(CCCCCCC)c2ccccc2-c2ccc(-c3ccc4c(c3)C(C)(C)c3cc(-c5cc6c(c7c5oc5ccccc57)-c5ccc(N(c7ccc(C(C)(C)C)cc7)c7ccc8c(c7)C(C)(C)c7c9c(c%10oc%11ccccc%11c%10c7-8)-c7ccccc7C9(C)C)cc5C6(CCCCCCC)CCCCCCC)ccc3-4)cc21. The molecule has 0 radical (unpaired) electrons. The van der Waals surface area contributed by atoms with Crippen LogP contribution >= 0.6 is 0 Å². The van der Waals surface area contributed by atoms with E-state index in [2.05, 4.69) is 313 Å². The average molecular weight is 1550 g/mol. The number of hydrogen-bond donors (Lipinski definition) is 0. The van der Waals surface area contributed by atoms with Crippen LogP contribution in [0.4, 0.5) is 17.1 Å². The third-order valence-electron chi connectivity index (χ3n) is 29.8. The Kier molecular flexibility index (Phi) is 20.1. The van der Waals surface area contributed by atoms with E-state index in [1.54, 1.807) is 11.1 Å². The largest absolute Gasteiger partial charge is 0.455 e. The van der Waals surface area contributed by atoms with Gasteiger partial charge in [0.2, 0.25) is 0 Å². The molecule has 0 aliphatic heterocycles. The fraction of sp³-hybridized carbons (Fsp3) is 0.374. The molecule has 600 valence electrons. The Balaban J connectivity index is 0.755. The van der Waals surface area contributed by atoms with Gasteiger partial charge < -0.3 is 13.7 Å². The van der Waals surface area contributed by atoms with Crippen LogP contribution in [-0.4, -0.2) is 0 Å². The van der Waals surface area contributed by atoms with Crippen molar-refractivity contribution in [2.75, 3.05) is 4.90 Å². The summed E-state index contributed by atoms with van der Waals surface area (Å²) in [5.41, 5.74) is 40.6. The molecule has 0 saturated carbocycles. The van der Waals surface area contributed by atoms with Crippen LogP contribution in [0.2, 0.25) is 0 Å². The maximum atomic E-state index is 7.50. The van der Waals surface area contributed by atoms with Crippen LogP contribution in [0.25, 0.3) is 122 Å². The predicted octanol–water partition coefficient (Wildman–Crippen LogP) is 34.5. The van der Waals surface area contributed by atoms with E-state index >= 15 is 0 Å². The third kappa shape index (κ3) is 12.4. The Morgan fingerprint density at radius 2 is 0.661 bits per heavy atom. The maximum Gasteiger partial charge on any atom is 0.144 e. The molecule has 2 heterocycles. The van der Waals surface area contributed by atoms with Crippen molar-refractivity contribution in [2.24, 2.45) is 0 Å². The topological polar surface area (TPSA) is 29.5 Å². The fourth-order valence-electron chi connectivity index (χ4n) is 23.6. The summed E-state index contributed by atoms with van der Waals surface area (Å²) in [4.78, 5) is 2.63. The lowest BCUT2D eigenvalue weighted by Gasteiger charge is -2.35. The van der Waals surface area contributed by atoms with Gasteiger partial charge in [-0.15, -0.1) is 0 Å². The summed E-state index contributed by atoms with van der Waals surface area (Å²) in [6, 6.07) is 86.6. The number of para-hydroxylation sites is 2. The Hall–Kier alpha value is -9.96. The molecule has 14 aromatic rings. The minimum atomic E-state index is -0.368. The number of furan rings is 2. The second-order valence-electron chi connectivity index (χ2n) is 39.1. The highest BCUT2D eigenvalue weighted by atomic mass is 16.3. The number of unbranched alkanes of at least 4 members (excludes halogenated alkanes) is 16. The molecular formula is C115H123NO2. The van der Waals surface area contributed by atoms with Gasteiger partial charge in [0.1, 0.15) is 22.3 Å². The van der Waals surface area contributed by atoms with Crippen molar-refractivity contribution in [3.8, 4) is 77.9 Å². The van der Waals surface area contributed by atoms with Crippen LogP contribution < -0.4 is 4.90 Å². The van der Waals surface area contributed by atoms with Crippen molar-refractivity contribution >= 4 is 60.9 Å². The van der Waals surface area contributed by atoms with Crippen LogP contribution in [0.1, 0.15) is 305 Å². The van der Waals surface area contributed by atoms with E-state index in [9.17, 15) is 0 Å². The second-order valence-corrected chi connectivity index (χ2v) is 39.1. The summed E-state index contributed by atoms with van der Waals surface area (Å²) in [5.74, 6) is 0. The molecule has 0 bridgehead atoms. The number of benzene rings is 12. The molecule has 19 rings (SSSR count). The van der Waals surface area contributed by atoms with E-state index in [1.807, 2.05) is 0 Å². The van der Waals surface area contributed by atoms with Gasteiger partial charge in [-0.25, -0.2) is 0 Å². The van der Waals surface area contributed by atoms with E-state index in [0.717, 1.165) is 53.7 Å². The van der Waals surface area contributed by atoms with Gasteiger partial charge in [0, 0.05) is 76.8 Å². The van der Waals surface area contributed by atoms with Gasteiger partial charge in [-0.3, -0.25) is 0 Å². The standard InChI is InChI=1S/C115H123NO2/c1-14-18-22-26-38-64-114(65-39-27-23-19-15-2)92-47-35-30-42-81(92)84-60-51-75(69-96(84)114)74-50-59-82-83-61-52-76(70-94(83)111(8,9)93(82)68-74)90-73-98-101(103-88-44-32-36-48-99(88)117-108(90)103)87-63-58-80(72-97(87)115(98,66-40-28-24-20-16-3)67-41-29-25-21-17-4)116(78-55-53-77(54-56-78)110(5,6)7)79-57-62-86-95(71-79)113(12,13)106-102(86)104-89-45-33-37-49-100(89)118-109(104)105-85-43-31-34-46-91(85)112(10,11)107(105)106/h30-37,42-63,68-73H,14-29,38-41,64-67H2,1-13H3. The van der Waals surface area contributed by atoms with Crippen molar-refractivity contribution in [3.63, 3.8) is 0 Å². The molecule has 5 aliphatic carbocycles. The highest BCUT2D eigenvalue weighted by Gasteiger charge is 2.51. The molecule has 12 aromatic carbocycles. The summed E-state index contributed by atoms with van der Waals surface area (Å²) in [6.07, 6.45) is 29.8. The van der Waals surface area contributed by atoms with E-state index in [-0.39, 0.29) is 32.5 Å². The van der Waals surface area contributed by atoms with Gasteiger partial charge >= 0.3 is 0 Å². The number of nitrogens with zero attached hydrogens (tertiary/aromatic N) is 1. The number of hydrogen-bond acceptors (Lipinski definition) is 3. The summed E-state index contributed by atoms with van der Waals surface area (Å²) < 4.78 is 14.7. The van der Waals surface area contributed by atoms with Crippen LogP contribution in [0.15, 0.2) is 227 Å². The highest BCUT2D eigenvalue weighted by molar-refractivity contribution is 6.22. The van der Waals surface area contributed by atoms with Gasteiger partial charge in [0.15, 0.2) is 0 Å². The molecule has 0 atom stereocenters. The van der Waals surface area contributed by atoms with E-state index < -0.39 is 0 Å². The molecule has 0 saturated heterocycles. The molecule has 3 heteroatoms. The Bertz CT molecular complexity index is 6200. The summed E-state index contributed by atoms with van der Waals surface area (Å²) in [5, 5.41) is 4.87. The average Bonchev–Trinajstić information content (AvgIpc) is 1.51. The van der Waals surface area contributed by atoms with Gasteiger partial charge in [-0.2, -0.15) is 0 Å². The lowest BCUT2D eigenvalue weighted by molar-refractivity contribution is 0.399. The van der Waals surface area contributed by atoms with Crippen molar-refractivity contribution in [2.45, 2.75) is 277 Å². The maximum absolute atomic E-state index is 7.50. The molecule has 0 unspecified atom stereocenters. The van der Waals surface area contributed by atoms with Crippen LogP contribution in [0, 0.1) is 0 Å². The van der Waals surface area contributed by atoms with E-state index in [1.165, 1.54) is 289 Å². The highest BCUT2D eigenvalue weighted by Crippen LogP contribution is 2.66. The van der Waals surface area contributed by atoms with Crippen molar-refractivity contribution in [1.82, 2.24) is 0 Å². The lowest BCUT2D eigenvalue weighted by Crippen LogP contribution is -2.26. The summed E-state index contributed by atoms with van der Waals surface area (Å²) >= 11 is 0. The zero-order valence-electron chi connectivity index (χ0n) is 73.0. The number of rotatable bonds is 29. The first-order chi connectivity index (χ1) is 57.3. The normalized spacial score (nSPS) is 15.5. The molecule has 3 nitrogen and oxygen atoms in total. The smallest absolute Gasteiger partial charge is 0.144 e. The minimum absolute atomic E-state index is 0.0186. The van der Waals surface area contributed by atoms with Gasteiger partial charge in [-0.05, 0) is 232 Å². The molecule has 0 spiro atoms. The number of anilines is 3. The first-order valence-corrected chi connectivity index (χ1v) is 46.1. The molecular weight excluding hydrogens is 1430 g/mol. The predicted molar refractivity (Wildman–Crippen MR) is 504 cm³/mol. The van der Waals surface area contributed by atoms with Gasteiger partial charge in [0.25, 0.3) is 0 Å². The molecule has 0 amide bonds. The summed E-state index contributed by atoms with van der Waals surface area (Å²) in [7, 11) is 0. The third-order valence-corrected chi connectivity index (χ3v) is 29.8. The molecule has 0 fully saturated rings. The Labute approximate surface area is 704 Å². The fourth-order valence-corrected chi connectivity index (χ4v) is 23.6. The number of fused-ring (bicyclic) bond motifs is 25. The summed E-state index contributed by atoms with van der Waals surface area (Å²) in [6.45, 7) is 31.3. The monoisotopic (exact) mass is 1550 g/mol. The second kappa shape index (κ2) is 30.4. The van der Waals surface area contributed by atoms with Crippen molar-refractivity contribution in [3.05, 3.63) is 280 Å². The molecule has 2 aromatic heterocycles.